The van der Waals surface area contributed by atoms with E-state index in [0.29, 0.717) is 21.8 Å². The normalized spacial score (nSPS) is 11.9. The molecule has 0 aliphatic heterocycles. The van der Waals surface area contributed by atoms with Crippen LogP contribution >= 0.6 is 57.6 Å². The van der Waals surface area contributed by atoms with E-state index in [2.05, 4.69) is 38.5 Å². The lowest BCUT2D eigenvalue weighted by Crippen LogP contribution is -2.30. The summed E-state index contributed by atoms with van der Waals surface area (Å²) in [4.78, 5) is 39.6. The molecule has 6 nitrogen and oxygen atoms in total. The van der Waals surface area contributed by atoms with E-state index in [9.17, 15) is 14.4 Å². The second-order valence-corrected chi connectivity index (χ2v) is 12.2. The molecule has 0 radical (unpaired) electrons. The minimum atomic E-state index is -0.545. The van der Waals surface area contributed by atoms with Gasteiger partial charge in [-0.05, 0) is 108 Å². The van der Waals surface area contributed by atoms with Crippen molar-refractivity contribution in [2.75, 3.05) is 10.6 Å². The number of thioether (sulfide) groups is 1. The van der Waals surface area contributed by atoms with Crippen molar-refractivity contribution < 1.29 is 14.4 Å². The molecular weight excluding hydrogens is 692 g/mol. The Morgan fingerprint density at radius 3 is 2.12 bits per heavy atom. The number of carbonyl (C=O) groups is 3. The molecule has 1 atom stereocenters. The molecule has 4 aromatic rings. The Labute approximate surface area is 266 Å². The van der Waals surface area contributed by atoms with Crippen LogP contribution in [0.1, 0.15) is 22.8 Å². The lowest BCUT2D eigenvalue weighted by Gasteiger charge is -2.14. The zero-order chi connectivity index (χ0) is 29.4. The maximum absolute atomic E-state index is 13.3. The third-order valence-corrected chi connectivity index (χ3v) is 8.38. The van der Waals surface area contributed by atoms with Crippen molar-refractivity contribution in [2.45, 2.75) is 17.1 Å². The van der Waals surface area contributed by atoms with Gasteiger partial charge >= 0.3 is 0 Å². The van der Waals surface area contributed by atoms with Crippen LogP contribution < -0.4 is 16.0 Å². The zero-order valence-corrected chi connectivity index (χ0v) is 26.1. The molecule has 0 saturated heterocycles. The van der Waals surface area contributed by atoms with Gasteiger partial charge < -0.3 is 16.0 Å². The first kappa shape index (κ1) is 30.6. The summed E-state index contributed by atoms with van der Waals surface area (Å²) in [6.45, 7) is 1.83. The third-order valence-electron chi connectivity index (χ3n) is 5.72. The van der Waals surface area contributed by atoms with Crippen LogP contribution in [0.2, 0.25) is 10.0 Å². The highest BCUT2D eigenvalue weighted by Gasteiger charge is 2.17. The fraction of sp³-hybridized carbons (Fsp3) is 0.0645. The Bertz CT molecular complexity index is 1580. The summed E-state index contributed by atoms with van der Waals surface area (Å²) < 4.78 is 1.09. The van der Waals surface area contributed by atoms with E-state index in [-0.39, 0.29) is 21.9 Å². The fourth-order valence-electron chi connectivity index (χ4n) is 3.58. The van der Waals surface area contributed by atoms with Gasteiger partial charge in [0.25, 0.3) is 11.8 Å². The summed E-state index contributed by atoms with van der Waals surface area (Å²) in [5, 5.41) is 8.64. The van der Waals surface area contributed by atoms with Gasteiger partial charge in [-0.15, -0.1) is 11.8 Å². The maximum atomic E-state index is 13.3. The molecule has 3 N–H and O–H groups in total. The van der Waals surface area contributed by atoms with Gasteiger partial charge in [0.2, 0.25) is 5.91 Å². The summed E-state index contributed by atoms with van der Waals surface area (Å²) in [6, 6.07) is 28.3. The first-order valence-electron chi connectivity index (χ1n) is 12.4. The van der Waals surface area contributed by atoms with E-state index in [1.807, 2.05) is 43.3 Å². The predicted molar refractivity (Wildman–Crippen MR) is 177 cm³/mol. The Hall–Kier alpha value is -3.31. The number of rotatable bonds is 9. The highest BCUT2D eigenvalue weighted by Crippen LogP contribution is 2.28. The van der Waals surface area contributed by atoms with Gasteiger partial charge in [0.05, 0.1) is 15.3 Å². The lowest BCUT2D eigenvalue weighted by molar-refractivity contribution is -0.115. The lowest BCUT2D eigenvalue weighted by atomic mass is 10.1. The Morgan fingerprint density at radius 1 is 0.805 bits per heavy atom. The highest BCUT2D eigenvalue weighted by atomic mass is 127. The van der Waals surface area contributed by atoms with Crippen LogP contribution in [-0.4, -0.2) is 23.0 Å². The van der Waals surface area contributed by atoms with Crippen molar-refractivity contribution in [3.8, 4) is 0 Å². The van der Waals surface area contributed by atoms with Crippen molar-refractivity contribution in [3.63, 3.8) is 0 Å². The van der Waals surface area contributed by atoms with Crippen LogP contribution in [0.15, 0.2) is 108 Å². The Balaban J connectivity index is 1.45. The number of carbonyl (C=O) groups excluding carboxylic acids is 3. The molecule has 10 heteroatoms. The van der Waals surface area contributed by atoms with Gasteiger partial charge in [-0.3, -0.25) is 14.4 Å². The van der Waals surface area contributed by atoms with E-state index in [1.54, 1.807) is 60.7 Å². The molecule has 0 aliphatic carbocycles. The van der Waals surface area contributed by atoms with Crippen molar-refractivity contribution in [1.29, 1.82) is 0 Å². The van der Waals surface area contributed by atoms with E-state index in [4.69, 9.17) is 23.2 Å². The van der Waals surface area contributed by atoms with E-state index in [1.165, 1.54) is 17.8 Å². The Kier molecular flexibility index (Phi) is 10.9. The molecule has 0 fully saturated rings. The molecule has 3 amide bonds. The number of hydrogen-bond acceptors (Lipinski definition) is 4. The number of nitrogens with one attached hydrogen (secondary N) is 3. The maximum Gasteiger partial charge on any atom is 0.272 e. The fourth-order valence-corrected chi connectivity index (χ4v) is 5.17. The smallest absolute Gasteiger partial charge is 0.272 e. The van der Waals surface area contributed by atoms with Gasteiger partial charge in [0.15, 0.2) is 0 Å². The molecule has 4 rings (SSSR count). The monoisotopic (exact) mass is 715 g/mol. The summed E-state index contributed by atoms with van der Waals surface area (Å²) in [7, 11) is 0. The van der Waals surface area contributed by atoms with Gasteiger partial charge in [0, 0.05) is 25.4 Å². The molecule has 0 saturated carbocycles. The molecule has 41 heavy (non-hydrogen) atoms. The number of anilines is 2. The second-order valence-electron chi connectivity index (χ2n) is 8.76. The molecule has 0 aromatic heterocycles. The predicted octanol–water partition coefficient (Wildman–Crippen LogP) is 8.13. The zero-order valence-electron chi connectivity index (χ0n) is 21.7. The van der Waals surface area contributed by atoms with Crippen molar-refractivity contribution >= 4 is 92.7 Å². The second kappa shape index (κ2) is 14.5. The number of halogens is 3. The van der Waals surface area contributed by atoms with Crippen molar-refractivity contribution in [3.05, 3.63) is 128 Å². The van der Waals surface area contributed by atoms with E-state index in [0.717, 1.165) is 14.2 Å². The average molecular weight is 716 g/mol. The third kappa shape index (κ3) is 8.84. The summed E-state index contributed by atoms with van der Waals surface area (Å²) in [5.41, 5.74) is 2.10. The molecule has 1 unspecified atom stereocenters. The molecular formula is C31H24Cl2IN3O3S. The quantitative estimate of drug-likeness (QED) is 0.0928. The SMILES string of the molecule is CC(Sc1ccc(NC(=O)/C(=C/c2cccc(Cl)c2Cl)NC(=O)c2ccccc2)cc1)C(=O)Nc1ccc(I)cc1. The Morgan fingerprint density at radius 2 is 1.44 bits per heavy atom. The summed E-state index contributed by atoms with van der Waals surface area (Å²) in [6.07, 6.45) is 1.47. The van der Waals surface area contributed by atoms with E-state index < -0.39 is 11.8 Å². The van der Waals surface area contributed by atoms with Crippen LogP contribution in [0, 0.1) is 3.57 Å². The van der Waals surface area contributed by atoms with Crippen LogP contribution in [-0.2, 0) is 9.59 Å². The van der Waals surface area contributed by atoms with Gasteiger partial charge in [0.1, 0.15) is 5.70 Å². The summed E-state index contributed by atoms with van der Waals surface area (Å²) >= 11 is 16.1. The van der Waals surface area contributed by atoms with Crippen LogP contribution in [0.4, 0.5) is 11.4 Å². The minimum absolute atomic E-state index is 0.0117. The van der Waals surface area contributed by atoms with Gasteiger partial charge in [-0.2, -0.15) is 0 Å². The molecule has 208 valence electrons. The molecule has 0 spiro atoms. The largest absolute Gasteiger partial charge is 0.325 e. The van der Waals surface area contributed by atoms with E-state index >= 15 is 0 Å². The van der Waals surface area contributed by atoms with Crippen molar-refractivity contribution in [2.24, 2.45) is 0 Å². The molecule has 0 heterocycles. The average Bonchev–Trinajstić information content (AvgIpc) is 2.97. The first-order valence-corrected chi connectivity index (χ1v) is 15.1. The molecule has 0 bridgehead atoms. The van der Waals surface area contributed by atoms with Crippen molar-refractivity contribution in [1.82, 2.24) is 5.32 Å². The number of amides is 3. The minimum Gasteiger partial charge on any atom is -0.325 e. The number of hydrogen-bond donors (Lipinski definition) is 3. The molecule has 0 aliphatic rings. The van der Waals surface area contributed by atoms with Gasteiger partial charge in [-0.25, -0.2) is 0 Å². The summed E-state index contributed by atoms with van der Waals surface area (Å²) in [5.74, 6) is -1.11. The molecule has 4 aromatic carbocycles. The van der Waals surface area contributed by atoms with Crippen LogP contribution in [0.25, 0.3) is 6.08 Å². The van der Waals surface area contributed by atoms with Crippen LogP contribution in [0.5, 0.6) is 0 Å². The topological polar surface area (TPSA) is 87.3 Å². The standard InChI is InChI=1S/C31H24Cl2IN3O3S/c1-19(29(38)35-23-12-10-22(34)11-13-23)41-25-16-14-24(15-17-25)36-31(40)27(18-21-8-5-9-26(32)28(21)33)37-30(39)20-6-3-2-4-7-20/h2-19H,1H3,(H,35,38)(H,36,40)(H,37,39)/b27-18-. The van der Waals surface area contributed by atoms with Gasteiger partial charge in [-0.1, -0.05) is 53.5 Å². The number of benzene rings is 4. The highest BCUT2D eigenvalue weighted by molar-refractivity contribution is 14.1. The van der Waals surface area contributed by atoms with Crippen LogP contribution in [0.3, 0.4) is 0 Å². The first-order chi connectivity index (χ1) is 19.7.